The van der Waals surface area contributed by atoms with Gasteiger partial charge in [0.05, 0.1) is 0 Å². The molecule has 0 heterocycles. The normalized spacial score (nSPS) is 14.4. The predicted octanol–water partition coefficient (Wildman–Crippen LogP) is 10.7. The molecular formula is C36H44O. The third-order valence-electron chi connectivity index (χ3n) is 9.03. The van der Waals surface area contributed by atoms with E-state index in [-0.39, 0.29) is 11.2 Å². The lowest BCUT2D eigenvalue weighted by Gasteiger charge is -2.33. The molecule has 0 atom stereocenters. The molecule has 37 heavy (non-hydrogen) atoms. The van der Waals surface area contributed by atoms with Gasteiger partial charge in [0.2, 0.25) is 0 Å². The summed E-state index contributed by atoms with van der Waals surface area (Å²) in [7, 11) is 0. The standard InChI is InChI=1S/C36H44O/c1-3-5-7-9-11-17-23-36(24-18-12-10-8-6-4-2)33-22-16-15-20-28(33)31-25-32-30(26-34(31)36)27-19-13-14-21-29(27)35(32)37/h13-16,19-22,25-26H,3-12,17-18,23-24H2,1-2H3. The number of carbonyl (C=O) groups is 1. The van der Waals surface area contributed by atoms with Gasteiger partial charge in [-0.2, -0.15) is 0 Å². The number of benzene rings is 3. The van der Waals surface area contributed by atoms with Crippen LogP contribution in [0.3, 0.4) is 0 Å². The van der Waals surface area contributed by atoms with E-state index < -0.39 is 0 Å². The van der Waals surface area contributed by atoms with E-state index in [1.54, 1.807) is 0 Å². The van der Waals surface area contributed by atoms with Crippen molar-refractivity contribution in [3.63, 3.8) is 0 Å². The third-order valence-corrected chi connectivity index (χ3v) is 9.03. The predicted molar refractivity (Wildman–Crippen MR) is 158 cm³/mol. The fourth-order valence-corrected chi connectivity index (χ4v) is 7.05. The Balaban J connectivity index is 1.51. The van der Waals surface area contributed by atoms with Crippen molar-refractivity contribution in [3.8, 4) is 22.3 Å². The molecule has 3 aromatic carbocycles. The zero-order valence-corrected chi connectivity index (χ0v) is 23.1. The smallest absolute Gasteiger partial charge is 0.194 e. The Kier molecular flexibility index (Phi) is 8.28. The van der Waals surface area contributed by atoms with Crippen molar-refractivity contribution in [2.45, 2.75) is 109 Å². The van der Waals surface area contributed by atoms with Crippen LogP contribution in [0, 0.1) is 0 Å². The van der Waals surface area contributed by atoms with E-state index in [9.17, 15) is 4.79 Å². The average molecular weight is 493 g/mol. The molecule has 1 heteroatoms. The lowest BCUT2D eigenvalue weighted by Crippen LogP contribution is -2.25. The molecule has 0 unspecified atom stereocenters. The van der Waals surface area contributed by atoms with Crippen LogP contribution < -0.4 is 0 Å². The van der Waals surface area contributed by atoms with Gasteiger partial charge in [0.25, 0.3) is 0 Å². The lowest BCUT2D eigenvalue weighted by atomic mass is 9.70. The number of ketones is 1. The molecule has 194 valence electrons. The topological polar surface area (TPSA) is 17.1 Å². The summed E-state index contributed by atoms with van der Waals surface area (Å²) < 4.78 is 0. The number of rotatable bonds is 14. The summed E-state index contributed by atoms with van der Waals surface area (Å²) in [6.07, 6.45) is 18.4. The molecule has 2 aliphatic carbocycles. The molecule has 0 saturated heterocycles. The van der Waals surface area contributed by atoms with Gasteiger partial charge in [0.1, 0.15) is 0 Å². The first-order chi connectivity index (χ1) is 18.2. The molecule has 0 N–H and O–H groups in total. The van der Waals surface area contributed by atoms with Crippen LogP contribution in [0.4, 0.5) is 0 Å². The molecule has 1 nitrogen and oxygen atoms in total. The first-order valence-electron chi connectivity index (χ1n) is 15.1. The summed E-state index contributed by atoms with van der Waals surface area (Å²) in [5.74, 6) is 0.190. The zero-order valence-electron chi connectivity index (χ0n) is 23.1. The summed E-state index contributed by atoms with van der Waals surface area (Å²) >= 11 is 0. The van der Waals surface area contributed by atoms with Gasteiger partial charge >= 0.3 is 0 Å². The molecule has 0 radical (unpaired) electrons. The summed E-state index contributed by atoms with van der Waals surface area (Å²) in [6, 6.07) is 22.0. The van der Waals surface area contributed by atoms with E-state index in [4.69, 9.17) is 0 Å². The number of carbonyl (C=O) groups excluding carboxylic acids is 1. The van der Waals surface area contributed by atoms with Crippen molar-refractivity contribution in [2.24, 2.45) is 0 Å². The van der Waals surface area contributed by atoms with Crippen molar-refractivity contribution in [1.82, 2.24) is 0 Å². The fraction of sp³-hybridized carbons (Fsp3) is 0.472. The monoisotopic (exact) mass is 492 g/mol. The van der Waals surface area contributed by atoms with Crippen molar-refractivity contribution in [1.29, 1.82) is 0 Å². The Morgan fingerprint density at radius 2 is 1.03 bits per heavy atom. The second kappa shape index (κ2) is 11.8. The maximum absolute atomic E-state index is 13.4. The van der Waals surface area contributed by atoms with Gasteiger partial charge in [-0.1, -0.05) is 139 Å². The zero-order chi connectivity index (χ0) is 25.7. The maximum Gasteiger partial charge on any atom is 0.194 e. The second-order valence-electron chi connectivity index (χ2n) is 11.5. The Labute approximate surface area is 224 Å². The van der Waals surface area contributed by atoms with Crippen molar-refractivity contribution < 1.29 is 4.79 Å². The lowest BCUT2D eigenvalue weighted by molar-refractivity contribution is 0.104. The molecule has 0 spiro atoms. The summed E-state index contributed by atoms with van der Waals surface area (Å²) in [5.41, 5.74) is 9.77. The van der Waals surface area contributed by atoms with Crippen LogP contribution in [-0.4, -0.2) is 5.78 Å². The highest BCUT2D eigenvalue weighted by molar-refractivity contribution is 6.22. The molecular weight excluding hydrogens is 448 g/mol. The second-order valence-corrected chi connectivity index (χ2v) is 11.5. The Hall–Kier alpha value is -2.67. The molecule has 0 fully saturated rings. The number of unbranched alkanes of at least 4 members (excludes halogenated alkanes) is 10. The van der Waals surface area contributed by atoms with Crippen LogP contribution in [0.2, 0.25) is 0 Å². The summed E-state index contributed by atoms with van der Waals surface area (Å²) in [5, 5.41) is 0. The first-order valence-corrected chi connectivity index (χ1v) is 15.1. The van der Waals surface area contributed by atoms with Crippen molar-refractivity contribution in [3.05, 3.63) is 82.9 Å². The Morgan fingerprint density at radius 3 is 1.68 bits per heavy atom. The third kappa shape index (κ3) is 4.95. The van der Waals surface area contributed by atoms with Crippen molar-refractivity contribution in [2.75, 3.05) is 0 Å². The maximum atomic E-state index is 13.4. The van der Waals surface area contributed by atoms with E-state index in [1.165, 1.54) is 112 Å². The molecule has 0 aliphatic heterocycles. The van der Waals surface area contributed by atoms with E-state index in [2.05, 4.69) is 62.4 Å². The fourth-order valence-electron chi connectivity index (χ4n) is 7.05. The minimum atomic E-state index is 0.0665. The quantitative estimate of drug-likeness (QED) is 0.160. The minimum absolute atomic E-state index is 0.0665. The highest BCUT2D eigenvalue weighted by atomic mass is 16.1. The number of hydrogen-bond donors (Lipinski definition) is 0. The Bertz CT molecular complexity index is 1220. The largest absolute Gasteiger partial charge is 0.289 e. The van der Waals surface area contributed by atoms with E-state index in [0.29, 0.717) is 0 Å². The van der Waals surface area contributed by atoms with E-state index in [1.807, 2.05) is 12.1 Å². The van der Waals surface area contributed by atoms with E-state index >= 15 is 0 Å². The van der Waals surface area contributed by atoms with Gasteiger partial charge in [-0.25, -0.2) is 0 Å². The first kappa shape index (κ1) is 26.0. The summed E-state index contributed by atoms with van der Waals surface area (Å²) in [4.78, 5) is 13.4. The molecule has 2 aliphatic rings. The molecule has 0 bridgehead atoms. The van der Waals surface area contributed by atoms with Gasteiger partial charge < -0.3 is 0 Å². The van der Waals surface area contributed by atoms with Gasteiger partial charge in [-0.15, -0.1) is 0 Å². The number of hydrogen-bond acceptors (Lipinski definition) is 1. The summed E-state index contributed by atoms with van der Waals surface area (Å²) in [6.45, 7) is 4.59. The Morgan fingerprint density at radius 1 is 0.486 bits per heavy atom. The van der Waals surface area contributed by atoms with Crippen LogP contribution in [-0.2, 0) is 5.41 Å². The van der Waals surface area contributed by atoms with Gasteiger partial charge in [-0.05, 0) is 58.4 Å². The molecule has 0 saturated carbocycles. The highest BCUT2D eigenvalue weighted by Crippen LogP contribution is 2.56. The van der Waals surface area contributed by atoms with Crippen LogP contribution in [0.25, 0.3) is 22.3 Å². The van der Waals surface area contributed by atoms with Gasteiger partial charge in [0, 0.05) is 16.5 Å². The molecule has 3 aromatic rings. The minimum Gasteiger partial charge on any atom is -0.289 e. The van der Waals surface area contributed by atoms with Gasteiger partial charge in [0.15, 0.2) is 5.78 Å². The van der Waals surface area contributed by atoms with Gasteiger partial charge in [-0.3, -0.25) is 4.79 Å². The van der Waals surface area contributed by atoms with Crippen LogP contribution >= 0.6 is 0 Å². The molecule has 0 amide bonds. The van der Waals surface area contributed by atoms with Crippen LogP contribution in [0.5, 0.6) is 0 Å². The van der Waals surface area contributed by atoms with E-state index in [0.717, 1.165) is 22.3 Å². The van der Waals surface area contributed by atoms with Crippen LogP contribution in [0.1, 0.15) is 131 Å². The molecule has 5 rings (SSSR count). The SMILES string of the molecule is CCCCCCCCC1(CCCCCCCC)c2ccccc2-c2cc3c(cc21)-c1ccccc1C3=O. The average Bonchev–Trinajstić information content (AvgIpc) is 3.36. The number of fused-ring (bicyclic) bond motifs is 6. The van der Waals surface area contributed by atoms with Crippen molar-refractivity contribution >= 4 is 5.78 Å². The molecule has 0 aromatic heterocycles. The highest BCUT2D eigenvalue weighted by Gasteiger charge is 2.43. The van der Waals surface area contributed by atoms with Crippen LogP contribution in [0.15, 0.2) is 60.7 Å².